The quantitative estimate of drug-likeness (QED) is 0.559. The van der Waals surface area contributed by atoms with Gasteiger partial charge in [0.25, 0.3) is 0 Å². The number of rotatable bonds is 4. The van der Waals surface area contributed by atoms with Crippen LogP contribution in [0.3, 0.4) is 0 Å². The Labute approximate surface area is 144 Å². The molecule has 0 heterocycles. The molecule has 1 N–H and O–H groups in total. The third kappa shape index (κ3) is 11.7. The molecule has 3 heteroatoms. The van der Waals surface area contributed by atoms with E-state index in [1.54, 1.807) is 0 Å². The van der Waals surface area contributed by atoms with Gasteiger partial charge in [0.2, 0.25) is 0 Å². The Morgan fingerprint density at radius 1 is 0.905 bits per heavy atom. The highest BCUT2D eigenvalue weighted by Gasteiger charge is 2.09. The van der Waals surface area contributed by atoms with Gasteiger partial charge in [-0.2, -0.15) is 0 Å². The predicted octanol–water partition coefficient (Wildman–Crippen LogP) is 5.72. The minimum Gasteiger partial charge on any atom is -0.682 e. The monoisotopic (exact) mass is 304 g/mol. The van der Waals surface area contributed by atoms with E-state index in [2.05, 4.69) is 65.1 Å². The summed E-state index contributed by atoms with van der Waals surface area (Å²) in [5.41, 5.74) is 2.71. The van der Waals surface area contributed by atoms with Gasteiger partial charge in [-0.15, -0.1) is 12.2 Å². The topological polar surface area (TPSA) is 26.1 Å². The molecule has 1 aromatic carbocycles. The zero-order valence-electron chi connectivity index (χ0n) is 15.2. The highest BCUT2D eigenvalue weighted by Crippen LogP contribution is 2.32. The van der Waals surface area contributed by atoms with E-state index >= 15 is 0 Å². The second-order valence-electron chi connectivity index (χ2n) is 7.31. The van der Waals surface area contributed by atoms with Crippen LogP contribution in [0.4, 0.5) is 11.4 Å². The van der Waals surface area contributed by atoms with Crippen LogP contribution < -0.4 is 5.32 Å². The molecule has 0 unspecified atom stereocenters. The van der Waals surface area contributed by atoms with Gasteiger partial charge in [-0.3, -0.25) is 0 Å². The third-order valence-electron chi connectivity index (χ3n) is 2.44. The standard InChI is InChI=1S/C16H27N2.2CH3.Al/c1-15(2,3)11-17-13-9-7-8-10-14(13)18-12-16(4,5)6;;;/h7-10,17H,11-12H2,1-6H3;2*1H3;/q3*-1;. The molecule has 0 spiro atoms. The van der Waals surface area contributed by atoms with E-state index in [0.29, 0.717) is 0 Å². The van der Waals surface area contributed by atoms with Crippen molar-refractivity contribution in [3.05, 3.63) is 44.4 Å². The first-order chi connectivity index (χ1) is 8.17. The molecule has 0 saturated heterocycles. The van der Waals surface area contributed by atoms with Crippen LogP contribution in [0, 0.1) is 25.7 Å². The van der Waals surface area contributed by atoms with Crippen LogP contribution in [0.2, 0.25) is 0 Å². The van der Waals surface area contributed by atoms with Crippen molar-refractivity contribution in [1.29, 1.82) is 0 Å². The van der Waals surface area contributed by atoms with Gasteiger partial charge in [-0.25, -0.2) is 0 Å². The average molecular weight is 304 g/mol. The Morgan fingerprint density at radius 2 is 1.43 bits per heavy atom. The van der Waals surface area contributed by atoms with Gasteiger partial charge in [0.15, 0.2) is 0 Å². The van der Waals surface area contributed by atoms with Gasteiger partial charge in [-0.1, -0.05) is 65.2 Å². The largest absolute Gasteiger partial charge is 0.682 e. The molecular formula is C18H33AlN2-3. The summed E-state index contributed by atoms with van der Waals surface area (Å²) < 4.78 is 0. The van der Waals surface area contributed by atoms with Gasteiger partial charge in [0, 0.05) is 29.6 Å². The zero-order chi connectivity index (χ0) is 13.8. The molecule has 1 rings (SSSR count). The van der Waals surface area contributed by atoms with Crippen LogP contribution in [0.25, 0.3) is 5.32 Å². The molecule has 3 radical (unpaired) electrons. The summed E-state index contributed by atoms with van der Waals surface area (Å²) in [7, 11) is 0. The van der Waals surface area contributed by atoms with Crippen LogP contribution in [-0.2, 0) is 0 Å². The number of nitrogens with zero attached hydrogens (tertiary/aromatic N) is 1. The van der Waals surface area contributed by atoms with E-state index in [-0.39, 0.29) is 43.0 Å². The number of para-hydroxylation sites is 2. The van der Waals surface area contributed by atoms with E-state index in [1.165, 1.54) is 0 Å². The summed E-state index contributed by atoms with van der Waals surface area (Å²) in [5, 5.41) is 8.21. The first kappa shape index (κ1) is 25.3. The maximum Gasteiger partial charge on any atom is 0.0195 e. The molecule has 0 fully saturated rings. The molecule has 0 aliphatic rings. The fourth-order valence-electron chi connectivity index (χ4n) is 1.44. The van der Waals surface area contributed by atoms with E-state index in [1.807, 2.05) is 6.07 Å². The van der Waals surface area contributed by atoms with Crippen molar-refractivity contribution in [3.63, 3.8) is 0 Å². The van der Waals surface area contributed by atoms with Crippen molar-refractivity contribution in [2.24, 2.45) is 10.8 Å². The molecule has 2 nitrogen and oxygen atoms in total. The van der Waals surface area contributed by atoms with Gasteiger partial charge < -0.3 is 25.5 Å². The normalized spacial score (nSPS) is 10.6. The Hall–Kier alpha value is -0.648. The van der Waals surface area contributed by atoms with Crippen LogP contribution in [-0.4, -0.2) is 30.5 Å². The summed E-state index contributed by atoms with van der Waals surface area (Å²) in [5.74, 6) is 0. The summed E-state index contributed by atoms with van der Waals surface area (Å²) in [6, 6.07) is 8.29. The maximum absolute atomic E-state index is 4.72. The second-order valence-corrected chi connectivity index (χ2v) is 7.31. The number of hydrogen-bond donors (Lipinski definition) is 1. The SMILES string of the molecule is CC(C)(C)C[N-]c1ccccc1NCC(C)(C)C.[Al].[CH3-].[CH3-]. The smallest absolute Gasteiger partial charge is 0.0195 e. The van der Waals surface area contributed by atoms with E-state index in [0.717, 1.165) is 24.5 Å². The van der Waals surface area contributed by atoms with Crippen LogP contribution in [0.15, 0.2) is 24.3 Å². The average Bonchev–Trinajstić information content (AvgIpc) is 2.22. The van der Waals surface area contributed by atoms with E-state index < -0.39 is 0 Å². The molecule has 0 aliphatic heterocycles. The molecule has 1 aromatic rings. The number of benzene rings is 1. The first-order valence-corrected chi connectivity index (χ1v) is 6.68. The summed E-state index contributed by atoms with van der Waals surface area (Å²) in [6.07, 6.45) is 0. The van der Waals surface area contributed by atoms with E-state index in [9.17, 15) is 0 Å². The minimum atomic E-state index is 0. The van der Waals surface area contributed by atoms with Crippen molar-refractivity contribution >= 4 is 28.7 Å². The first-order valence-electron chi connectivity index (χ1n) is 6.68. The fraction of sp³-hybridized carbons (Fsp3) is 0.556. The summed E-state index contributed by atoms with van der Waals surface area (Å²) in [4.78, 5) is 0. The molecule has 0 aromatic heterocycles. The van der Waals surface area contributed by atoms with Crippen LogP contribution in [0.5, 0.6) is 0 Å². The Kier molecular flexibility index (Phi) is 12.2. The second kappa shape index (κ2) is 10.1. The molecular weight excluding hydrogens is 271 g/mol. The molecule has 0 atom stereocenters. The maximum atomic E-state index is 4.72. The molecule has 0 amide bonds. The highest BCUT2D eigenvalue weighted by molar-refractivity contribution is 5.75. The lowest BCUT2D eigenvalue weighted by Crippen LogP contribution is -2.19. The minimum absolute atomic E-state index is 0. The van der Waals surface area contributed by atoms with Crippen LogP contribution >= 0.6 is 0 Å². The Bertz CT molecular complexity index is 339. The lowest BCUT2D eigenvalue weighted by Gasteiger charge is -2.33. The van der Waals surface area contributed by atoms with Crippen molar-refractivity contribution in [1.82, 2.24) is 0 Å². The number of anilines is 1. The third-order valence-corrected chi connectivity index (χ3v) is 2.44. The van der Waals surface area contributed by atoms with Gasteiger partial charge >= 0.3 is 0 Å². The Morgan fingerprint density at radius 3 is 1.90 bits per heavy atom. The summed E-state index contributed by atoms with van der Waals surface area (Å²) in [6.45, 7) is 15.1. The molecule has 0 bridgehead atoms. The lowest BCUT2D eigenvalue weighted by molar-refractivity contribution is 0.442. The molecule has 0 aliphatic carbocycles. The molecule has 21 heavy (non-hydrogen) atoms. The summed E-state index contributed by atoms with van der Waals surface area (Å²) >= 11 is 0. The number of hydrogen-bond acceptors (Lipinski definition) is 1. The van der Waals surface area contributed by atoms with Gasteiger partial charge in [0.05, 0.1) is 0 Å². The Balaban J connectivity index is -0.00000108. The van der Waals surface area contributed by atoms with Crippen molar-refractivity contribution < 1.29 is 0 Å². The number of nitrogens with one attached hydrogen (secondary N) is 1. The zero-order valence-corrected chi connectivity index (χ0v) is 16.4. The molecule has 0 saturated carbocycles. The van der Waals surface area contributed by atoms with Gasteiger partial charge in [-0.05, 0) is 11.5 Å². The lowest BCUT2D eigenvalue weighted by atomic mass is 9.96. The fourth-order valence-corrected chi connectivity index (χ4v) is 1.44. The van der Waals surface area contributed by atoms with Crippen molar-refractivity contribution in [2.45, 2.75) is 41.5 Å². The van der Waals surface area contributed by atoms with Crippen molar-refractivity contribution in [2.75, 3.05) is 18.4 Å². The predicted molar refractivity (Wildman–Crippen MR) is 100 cm³/mol. The van der Waals surface area contributed by atoms with Crippen molar-refractivity contribution in [3.8, 4) is 0 Å². The van der Waals surface area contributed by atoms with E-state index in [4.69, 9.17) is 5.32 Å². The molecule has 121 valence electrons. The van der Waals surface area contributed by atoms with Crippen LogP contribution in [0.1, 0.15) is 41.5 Å². The van der Waals surface area contributed by atoms with Gasteiger partial charge in [0.1, 0.15) is 0 Å². The highest BCUT2D eigenvalue weighted by atomic mass is 27.0.